The lowest BCUT2D eigenvalue weighted by Gasteiger charge is -2.16. The first-order valence-electron chi connectivity index (χ1n) is 10.4. The van der Waals surface area contributed by atoms with E-state index < -0.39 is 0 Å². The highest BCUT2D eigenvalue weighted by Gasteiger charge is 2.08. The number of aliphatic imine (C=N–C) groups is 1. The SMILES string of the molecule is CCc1ccccc1NC(=S)NC(=NCCc1ccccc1)Nc1nc(C)cc(C)n1. The lowest BCUT2D eigenvalue weighted by Crippen LogP contribution is -2.39. The Kier molecular flexibility index (Phi) is 8.06. The minimum atomic E-state index is 0.455. The van der Waals surface area contributed by atoms with E-state index in [2.05, 4.69) is 56.0 Å². The molecule has 0 amide bonds. The Bertz CT molecular complexity index is 1030. The number of rotatable bonds is 6. The number of nitrogens with zero attached hydrogens (tertiary/aromatic N) is 3. The number of anilines is 2. The molecular formula is C24H28N6S. The Morgan fingerprint density at radius 1 is 0.935 bits per heavy atom. The molecule has 0 unspecified atom stereocenters. The maximum atomic E-state index is 5.55. The van der Waals surface area contributed by atoms with Gasteiger partial charge < -0.3 is 10.6 Å². The largest absolute Gasteiger partial charge is 0.332 e. The van der Waals surface area contributed by atoms with E-state index in [1.807, 2.05) is 56.3 Å². The highest BCUT2D eigenvalue weighted by atomic mass is 32.1. The van der Waals surface area contributed by atoms with Gasteiger partial charge in [-0.15, -0.1) is 0 Å². The van der Waals surface area contributed by atoms with Crippen LogP contribution in [0.25, 0.3) is 0 Å². The van der Waals surface area contributed by atoms with E-state index in [0.29, 0.717) is 23.6 Å². The van der Waals surface area contributed by atoms with Crippen molar-refractivity contribution in [3.8, 4) is 0 Å². The van der Waals surface area contributed by atoms with Gasteiger partial charge in [0.05, 0.1) is 0 Å². The van der Waals surface area contributed by atoms with Gasteiger partial charge in [0.15, 0.2) is 5.11 Å². The lowest BCUT2D eigenvalue weighted by atomic mass is 10.1. The van der Waals surface area contributed by atoms with Gasteiger partial charge in [0.1, 0.15) is 0 Å². The zero-order valence-corrected chi connectivity index (χ0v) is 19.0. The monoisotopic (exact) mass is 432 g/mol. The molecule has 3 aromatic rings. The van der Waals surface area contributed by atoms with Crippen LogP contribution >= 0.6 is 12.2 Å². The van der Waals surface area contributed by atoms with Crippen LogP contribution in [0.5, 0.6) is 0 Å². The number of thiocarbonyl (C=S) groups is 1. The number of benzene rings is 2. The third-order valence-electron chi connectivity index (χ3n) is 4.60. The summed E-state index contributed by atoms with van der Waals surface area (Å²) >= 11 is 5.55. The van der Waals surface area contributed by atoms with Gasteiger partial charge >= 0.3 is 0 Å². The van der Waals surface area contributed by atoms with Crippen molar-refractivity contribution >= 4 is 34.9 Å². The van der Waals surface area contributed by atoms with Crippen molar-refractivity contribution in [2.45, 2.75) is 33.6 Å². The highest BCUT2D eigenvalue weighted by molar-refractivity contribution is 7.80. The van der Waals surface area contributed by atoms with E-state index in [-0.39, 0.29) is 0 Å². The van der Waals surface area contributed by atoms with Gasteiger partial charge in [0.2, 0.25) is 11.9 Å². The predicted molar refractivity (Wildman–Crippen MR) is 133 cm³/mol. The summed E-state index contributed by atoms with van der Waals surface area (Å²) in [6, 6.07) is 20.3. The molecule has 160 valence electrons. The van der Waals surface area contributed by atoms with Crippen LogP contribution in [-0.4, -0.2) is 27.6 Å². The van der Waals surface area contributed by atoms with Gasteiger partial charge in [-0.05, 0) is 62.2 Å². The fourth-order valence-electron chi connectivity index (χ4n) is 3.15. The topological polar surface area (TPSA) is 74.2 Å². The normalized spacial score (nSPS) is 11.1. The number of para-hydroxylation sites is 1. The number of hydrogen-bond donors (Lipinski definition) is 3. The van der Waals surface area contributed by atoms with E-state index in [1.54, 1.807) is 0 Å². The van der Waals surface area contributed by atoms with Crippen molar-refractivity contribution in [3.63, 3.8) is 0 Å². The van der Waals surface area contributed by atoms with E-state index in [0.717, 1.165) is 29.9 Å². The van der Waals surface area contributed by atoms with Crippen molar-refractivity contribution in [1.82, 2.24) is 15.3 Å². The van der Waals surface area contributed by atoms with Crippen molar-refractivity contribution in [1.29, 1.82) is 0 Å². The van der Waals surface area contributed by atoms with E-state index >= 15 is 0 Å². The van der Waals surface area contributed by atoms with Gasteiger partial charge in [-0.1, -0.05) is 55.5 Å². The smallest absolute Gasteiger partial charge is 0.229 e. The fraction of sp³-hybridized carbons (Fsp3) is 0.250. The molecule has 3 rings (SSSR count). The van der Waals surface area contributed by atoms with Gasteiger partial charge in [-0.25, -0.2) is 9.97 Å². The van der Waals surface area contributed by atoms with E-state index in [1.165, 1.54) is 11.1 Å². The second-order valence-corrected chi connectivity index (χ2v) is 7.56. The molecule has 1 heterocycles. The number of guanidine groups is 1. The molecule has 1 aromatic heterocycles. The molecule has 0 aliphatic carbocycles. The molecule has 0 aliphatic heterocycles. The summed E-state index contributed by atoms with van der Waals surface area (Å²) in [5.41, 5.74) is 5.17. The molecule has 31 heavy (non-hydrogen) atoms. The Labute approximate surface area is 189 Å². The summed E-state index contributed by atoms with van der Waals surface area (Å²) < 4.78 is 0. The summed E-state index contributed by atoms with van der Waals surface area (Å²) in [7, 11) is 0. The lowest BCUT2D eigenvalue weighted by molar-refractivity contribution is 0.956. The Morgan fingerprint density at radius 2 is 1.61 bits per heavy atom. The molecule has 2 aromatic carbocycles. The van der Waals surface area contributed by atoms with Gasteiger partial charge in [0, 0.05) is 23.6 Å². The summed E-state index contributed by atoms with van der Waals surface area (Å²) in [6.45, 7) is 6.59. The number of aromatic nitrogens is 2. The maximum absolute atomic E-state index is 5.55. The summed E-state index contributed by atoms with van der Waals surface area (Å²) in [4.78, 5) is 13.6. The minimum Gasteiger partial charge on any atom is -0.332 e. The van der Waals surface area contributed by atoms with Crippen LogP contribution in [0.4, 0.5) is 11.6 Å². The van der Waals surface area contributed by atoms with E-state index in [9.17, 15) is 0 Å². The molecule has 0 radical (unpaired) electrons. The van der Waals surface area contributed by atoms with Crippen LogP contribution < -0.4 is 16.0 Å². The van der Waals surface area contributed by atoms with Crippen LogP contribution in [0.2, 0.25) is 0 Å². The summed E-state index contributed by atoms with van der Waals surface area (Å²) in [6.07, 6.45) is 1.73. The average Bonchev–Trinajstić information content (AvgIpc) is 2.74. The first-order valence-corrected chi connectivity index (χ1v) is 10.8. The average molecular weight is 433 g/mol. The molecule has 0 aliphatic rings. The third kappa shape index (κ3) is 7.15. The number of hydrogen-bond acceptors (Lipinski definition) is 4. The Hall–Kier alpha value is -3.32. The molecule has 0 saturated heterocycles. The predicted octanol–water partition coefficient (Wildman–Crippen LogP) is 4.65. The number of nitrogens with one attached hydrogen (secondary N) is 3. The van der Waals surface area contributed by atoms with Crippen molar-refractivity contribution in [2.24, 2.45) is 4.99 Å². The second kappa shape index (κ2) is 11.2. The summed E-state index contributed by atoms with van der Waals surface area (Å²) in [5.74, 6) is 0.993. The van der Waals surface area contributed by atoms with Crippen molar-refractivity contribution < 1.29 is 0 Å². The molecule has 0 fully saturated rings. The molecular weight excluding hydrogens is 404 g/mol. The van der Waals surface area contributed by atoms with Gasteiger partial charge in [-0.3, -0.25) is 10.3 Å². The first-order chi connectivity index (χ1) is 15.0. The molecule has 0 atom stereocenters. The van der Waals surface area contributed by atoms with Crippen LogP contribution in [-0.2, 0) is 12.8 Å². The molecule has 0 spiro atoms. The Morgan fingerprint density at radius 3 is 2.32 bits per heavy atom. The maximum Gasteiger partial charge on any atom is 0.229 e. The fourth-order valence-corrected chi connectivity index (χ4v) is 3.36. The Balaban J connectivity index is 1.73. The zero-order chi connectivity index (χ0) is 22.1. The van der Waals surface area contributed by atoms with Crippen LogP contribution in [0.3, 0.4) is 0 Å². The highest BCUT2D eigenvalue weighted by Crippen LogP contribution is 2.15. The molecule has 3 N–H and O–H groups in total. The molecule has 6 nitrogen and oxygen atoms in total. The molecule has 0 bridgehead atoms. The second-order valence-electron chi connectivity index (χ2n) is 7.16. The molecule has 0 saturated carbocycles. The minimum absolute atomic E-state index is 0.455. The van der Waals surface area contributed by atoms with Gasteiger partial charge in [0.25, 0.3) is 0 Å². The first kappa shape index (κ1) is 22.4. The van der Waals surface area contributed by atoms with Crippen molar-refractivity contribution in [3.05, 3.63) is 83.2 Å². The van der Waals surface area contributed by atoms with Crippen LogP contribution in [0.15, 0.2) is 65.7 Å². The van der Waals surface area contributed by atoms with Crippen molar-refractivity contribution in [2.75, 3.05) is 17.2 Å². The zero-order valence-electron chi connectivity index (χ0n) is 18.1. The standard InChI is InChI=1S/C24H28N6S/c1-4-20-12-8-9-13-21(20)28-24(31)30-22(25-15-14-19-10-6-5-7-11-19)29-23-26-17(2)16-18(3)27-23/h5-13,16H,4,14-15H2,1-3H3,(H3,25,26,27,28,29,30,31). The van der Waals surface area contributed by atoms with Crippen LogP contribution in [0.1, 0.15) is 29.4 Å². The number of aryl methyl sites for hydroxylation is 3. The third-order valence-corrected chi connectivity index (χ3v) is 4.81. The molecule has 7 heteroatoms. The van der Waals surface area contributed by atoms with Crippen LogP contribution in [0, 0.1) is 13.8 Å². The van der Waals surface area contributed by atoms with E-state index in [4.69, 9.17) is 12.2 Å². The van der Waals surface area contributed by atoms with Gasteiger partial charge in [-0.2, -0.15) is 0 Å². The quantitative estimate of drug-likeness (QED) is 0.299. The summed E-state index contributed by atoms with van der Waals surface area (Å²) in [5, 5.41) is 10.1.